The van der Waals surface area contributed by atoms with Crippen molar-refractivity contribution in [2.24, 2.45) is 35.5 Å². The molecule has 1 aromatic carbocycles. The van der Waals surface area contributed by atoms with Crippen LogP contribution in [0, 0.1) is 47.1 Å². The van der Waals surface area contributed by atoms with Crippen molar-refractivity contribution >= 4 is 17.6 Å². The Labute approximate surface area is 177 Å². The highest BCUT2D eigenvalue weighted by molar-refractivity contribution is 6.30. The molecule has 29 heavy (non-hydrogen) atoms. The van der Waals surface area contributed by atoms with Crippen LogP contribution in [0.3, 0.4) is 0 Å². The van der Waals surface area contributed by atoms with Crippen molar-refractivity contribution < 1.29 is 18.3 Å². The Morgan fingerprint density at radius 3 is 2.03 bits per heavy atom. The van der Waals surface area contributed by atoms with Gasteiger partial charge in [-0.15, -0.1) is 0 Å². The van der Waals surface area contributed by atoms with Gasteiger partial charge in [-0.3, -0.25) is 4.79 Å². The molecule has 3 fully saturated rings. The Hall–Kier alpha value is -1.16. The lowest BCUT2D eigenvalue weighted by Crippen LogP contribution is -2.35. The summed E-state index contributed by atoms with van der Waals surface area (Å²) in [5, 5.41) is -0.576. The summed E-state index contributed by atoms with van der Waals surface area (Å²) >= 11 is 5.48. The third-order valence-electron chi connectivity index (χ3n) is 7.86. The van der Waals surface area contributed by atoms with Crippen LogP contribution in [0.15, 0.2) is 12.1 Å². The number of carbonyl (C=O) groups is 1. The first kappa shape index (κ1) is 21.1. The van der Waals surface area contributed by atoms with Gasteiger partial charge in [0.15, 0.2) is 0 Å². The maximum absolute atomic E-state index is 13.6. The predicted octanol–water partition coefficient (Wildman–Crippen LogP) is 7.18. The fraction of sp³-hybridized carbons (Fsp3) is 0.708. The van der Waals surface area contributed by atoms with Crippen LogP contribution in [0.5, 0.6) is 5.75 Å². The summed E-state index contributed by atoms with van der Waals surface area (Å²) in [6.07, 6.45) is 12.0. The van der Waals surface area contributed by atoms with Gasteiger partial charge in [-0.1, -0.05) is 24.9 Å². The van der Waals surface area contributed by atoms with E-state index in [2.05, 4.69) is 6.92 Å². The molecule has 3 aliphatic carbocycles. The van der Waals surface area contributed by atoms with Crippen LogP contribution in [0.2, 0.25) is 5.02 Å². The molecule has 3 saturated carbocycles. The van der Waals surface area contributed by atoms with Crippen LogP contribution in [-0.2, 0) is 4.79 Å². The quantitative estimate of drug-likeness (QED) is 0.291. The van der Waals surface area contributed by atoms with Crippen LogP contribution < -0.4 is 4.74 Å². The molecule has 4 unspecified atom stereocenters. The van der Waals surface area contributed by atoms with Gasteiger partial charge in [0.2, 0.25) is 0 Å². The van der Waals surface area contributed by atoms with Crippen molar-refractivity contribution in [2.75, 3.05) is 0 Å². The highest BCUT2D eigenvalue weighted by Crippen LogP contribution is 2.49. The van der Waals surface area contributed by atoms with Gasteiger partial charge in [-0.25, -0.2) is 8.78 Å². The second-order valence-corrected chi connectivity index (χ2v) is 10.1. The van der Waals surface area contributed by atoms with Crippen LogP contribution in [0.25, 0.3) is 0 Å². The standard InChI is InChI=1S/C24H31ClF2O2/c1-14-2-3-19-11-18(9-8-17(19)10-14)15-4-6-16(7-5-15)24(28)29-20-12-21(26)23(25)22(27)13-20/h12-19H,2-11H2,1H3. The van der Waals surface area contributed by atoms with E-state index in [0.717, 1.165) is 61.5 Å². The lowest BCUT2D eigenvalue weighted by atomic mass is 9.61. The van der Waals surface area contributed by atoms with E-state index in [9.17, 15) is 13.6 Å². The molecule has 0 heterocycles. The summed E-state index contributed by atoms with van der Waals surface area (Å²) in [6, 6.07) is 1.94. The predicted molar refractivity (Wildman–Crippen MR) is 110 cm³/mol. The lowest BCUT2D eigenvalue weighted by Gasteiger charge is -2.44. The lowest BCUT2D eigenvalue weighted by molar-refractivity contribution is -0.140. The second kappa shape index (κ2) is 8.91. The molecule has 0 saturated heterocycles. The fourth-order valence-electron chi connectivity index (χ4n) is 6.21. The van der Waals surface area contributed by atoms with Crippen LogP contribution in [0.1, 0.15) is 71.1 Å². The van der Waals surface area contributed by atoms with Crippen LogP contribution >= 0.6 is 11.6 Å². The first-order chi connectivity index (χ1) is 13.9. The van der Waals surface area contributed by atoms with Gasteiger partial charge < -0.3 is 4.74 Å². The summed E-state index contributed by atoms with van der Waals surface area (Å²) in [7, 11) is 0. The van der Waals surface area contributed by atoms with Gasteiger partial charge in [0.1, 0.15) is 22.4 Å². The summed E-state index contributed by atoms with van der Waals surface area (Å²) in [5.41, 5.74) is 0. The Morgan fingerprint density at radius 2 is 1.38 bits per heavy atom. The molecule has 1 aromatic rings. The zero-order valence-corrected chi connectivity index (χ0v) is 17.9. The fourth-order valence-corrected chi connectivity index (χ4v) is 6.31. The number of carbonyl (C=O) groups excluding carboxylic acids is 1. The number of benzene rings is 1. The highest BCUT2D eigenvalue weighted by atomic mass is 35.5. The monoisotopic (exact) mass is 424 g/mol. The van der Waals surface area contributed by atoms with Crippen molar-refractivity contribution in [3.05, 3.63) is 28.8 Å². The molecule has 160 valence electrons. The summed E-state index contributed by atoms with van der Waals surface area (Å²) in [5.74, 6) is 1.79. The number of fused-ring (bicyclic) bond motifs is 1. The van der Waals surface area contributed by atoms with Gasteiger partial charge in [-0.05, 0) is 87.4 Å². The van der Waals surface area contributed by atoms with Crippen molar-refractivity contribution in [1.82, 2.24) is 0 Å². The Kier molecular flexibility index (Phi) is 6.48. The van der Waals surface area contributed by atoms with Crippen molar-refractivity contribution in [3.63, 3.8) is 0 Å². The zero-order chi connectivity index (χ0) is 20.5. The first-order valence-electron chi connectivity index (χ1n) is 11.3. The normalized spacial score (nSPS) is 35.0. The number of ether oxygens (including phenoxy) is 1. The smallest absolute Gasteiger partial charge is 0.314 e. The van der Waals surface area contributed by atoms with E-state index in [0.29, 0.717) is 5.92 Å². The van der Waals surface area contributed by atoms with E-state index in [1.807, 2.05) is 0 Å². The van der Waals surface area contributed by atoms with E-state index in [4.69, 9.17) is 16.3 Å². The minimum absolute atomic E-state index is 0.110. The summed E-state index contributed by atoms with van der Waals surface area (Å²) < 4.78 is 32.4. The molecule has 5 heteroatoms. The molecule has 0 N–H and O–H groups in total. The molecule has 0 amide bonds. The van der Waals surface area contributed by atoms with E-state index < -0.39 is 16.7 Å². The van der Waals surface area contributed by atoms with Crippen molar-refractivity contribution in [1.29, 1.82) is 0 Å². The van der Waals surface area contributed by atoms with Gasteiger partial charge in [-0.2, -0.15) is 0 Å². The molecular weight excluding hydrogens is 394 g/mol. The Morgan fingerprint density at radius 1 is 0.862 bits per heavy atom. The molecule has 0 aliphatic heterocycles. The maximum atomic E-state index is 13.6. The Balaban J connectivity index is 1.28. The molecule has 3 aliphatic rings. The molecule has 0 aromatic heterocycles. The minimum atomic E-state index is -0.911. The van der Waals surface area contributed by atoms with E-state index in [-0.39, 0.29) is 17.6 Å². The molecule has 0 spiro atoms. The average molecular weight is 425 g/mol. The van der Waals surface area contributed by atoms with Gasteiger partial charge in [0.25, 0.3) is 0 Å². The number of esters is 1. The third-order valence-corrected chi connectivity index (χ3v) is 8.22. The largest absolute Gasteiger partial charge is 0.426 e. The topological polar surface area (TPSA) is 26.3 Å². The Bertz CT molecular complexity index is 721. The number of halogens is 3. The van der Waals surface area contributed by atoms with E-state index in [1.165, 1.54) is 38.5 Å². The SMILES string of the molecule is CC1CCC2CC(C3CCC(C(=O)Oc4cc(F)c(Cl)c(F)c4)CC3)CCC2C1. The molecular formula is C24H31ClF2O2. The van der Waals surface area contributed by atoms with Gasteiger partial charge in [0.05, 0.1) is 5.92 Å². The highest BCUT2D eigenvalue weighted by Gasteiger charge is 2.39. The molecule has 2 nitrogen and oxygen atoms in total. The zero-order valence-electron chi connectivity index (χ0n) is 17.1. The second-order valence-electron chi connectivity index (χ2n) is 9.75. The molecule has 4 rings (SSSR count). The molecule has 0 bridgehead atoms. The summed E-state index contributed by atoms with van der Waals surface area (Å²) in [6.45, 7) is 2.40. The summed E-state index contributed by atoms with van der Waals surface area (Å²) in [4.78, 5) is 12.5. The third kappa shape index (κ3) is 4.78. The number of rotatable bonds is 3. The van der Waals surface area contributed by atoms with Crippen molar-refractivity contribution in [2.45, 2.75) is 71.1 Å². The van der Waals surface area contributed by atoms with Crippen LogP contribution in [0.4, 0.5) is 8.78 Å². The number of hydrogen-bond donors (Lipinski definition) is 0. The van der Waals surface area contributed by atoms with Crippen LogP contribution in [-0.4, -0.2) is 5.97 Å². The average Bonchev–Trinajstić information content (AvgIpc) is 2.71. The maximum Gasteiger partial charge on any atom is 0.314 e. The van der Waals surface area contributed by atoms with Gasteiger partial charge in [0, 0.05) is 12.1 Å². The number of hydrogen-bond acceptors (Lipinski definition) is 2. The van der Waals surface area contributed by atoms with Crippen molar-refractivity contribution in [3.8, 4) is 5.75 Å². The van der Waals surface area contributed by atoms with E-state index >= 15 is 0 Å². The van der Waals surface area contributed by atoms with Gasteiger partial charge >= 0.3 is 5.97 Å². The minimum Gasteiger partial charge on any atom is -0.426 e. The molecule has 4 atom stereocenters. The van der Waals surface area contributed by atoms with E-state index in [1.54, 1.807) is 0 Å². The molecule has 0 radical (unpaired) electrons. The first-order valence-corrected chi connectivity index (χ1v) is 11.6.